The Bertz CT molecular complexity index is 336. The molecule has 1 rings (SSSR count). The van der Waals surface area contributed by atoms with E-state index >= 15 is 0 Å². The highest BCUT2D eigenvalue weighted by atomic mass is 16.3. The van der Waals surface area contributed by atoms with Crippen molar-refractivity contribution in [2.75, 3.05) is 6.54 Å². The molecule has 1 heterocycles. The minimum Gasteiger partial charge on any atom is -0.381 e. The summed E-state index contributed by atoms with van der Waals surface area (Å²) in [6, 6.07) is 0. The predicted octanol–water partition coefficient (Wildman–Crippen LogP) is 1.50. The molecule has 0 aliphatic carbocycles. The van der Waals surface area contributed by atoms with Crippen LogP contribution < -0.4 is 5.32 Å². The zero-order valence-electron chi connectivity index (χ0n) is 10.9. The van der Waals surface area contributed by atoms with Crippen LogP contribution in [0.5, 0.6) is 0 Å². The molecule has 92 valence electrons. The van der Waals surface area contributed by atoms with Crippen LogP contribution in [0, 0.1) is 0 Å². The normalized spacial score (nSPS) is 16.1. The van der Waals surface area contributed by atoms with Gasteiger partial charge in [-0.15, -0.1) is 0 Å². The van der Waals surface area contributed by atoms with Gasteiger partial charge in [0.2, 0.25) is 0 Å². The van der Waals surface area contributed by atoms with E-state index in [1.165, 1.54) is 0 Å². The average Bonchev–Trinajstić information content (AvgIpc) is 2.62. The largest absolute Gasteiger partial charge is 0.381 e. The van der Waals surface area contributed by atoms with Crippen LogP contribution in [0.25, 0.3) is 0 Å². The van der Waals surface area contributed by atoms with Gasteiger partial charge in [-0.25, -0.2) is 4.98 Å². The lowest BCUT2D eigenvalue weighted by molar-refractivity contribution is 0.0378. The van der Waals surface area contributed by atoms with Crippen molar-refractivity contribution in [1.29, 1.82) is 0 Å². The topological polar surface area (TPSA) is 50.1 Å². The SMILES string of the molecule is CCn1ccnc1C(C)(O)CNC(C)(C)C. The molecule has 1 atom stereocenters. The van der Waals surface area contributed by atoms with Crippen molar-refractivity contribution in [1.82, 2.24) is 14.9 Å². The maximum Gasteiger partial charge on any atom is 0.141 e. The van der Waals surface area contributed by atoms with E-state index in [0.29, 0.717) is 12.4 Å². The summed E-state index contributed by atoms with van der Waals surface area (Å²) in [6.07, 6.45) is 3.62. The van der Waals surface area contributed by atoms with Crippen LogP contribution in [-0.2, 0) is 12.1 Å². The van der Waals surface area contributed by atoms with E-state index in [-0.39, 0.29) is 5.54 Å². The van der Waals surface area contributed by atoms with Gasteiger partial charge in [-0.3, -0.25) is 0 Å². The van der Waals surface area contributed by atoms with Crippen LogP contribution >= 0.6 is 0 Å². The van der Waals surface area contributed by atoms with Gasteiger partial charge in [0.05, 0.1) is 0 Å². The molecular formula is C12H23N3O. The second-order valence-electron chi connectivity index (χ2n) is 5.41. The second kappa shape index (κ2) is 4.55. The summed E-state index contributed by atoms with van der Waals surface area (Å²) >= 11 is 0. The van der Waals surface area contributed by atoms with Crippen molar-refractivity contribution in [3.63, 3.8) is 0 Å². The van der Waals surface area contributed by atoms with E-state index in [2.05, 4.69) is 31.1 Å². The van der Waals surface area contributed by atoms with Gasteiger partial charge in [0, 0.05) is 31.0 Å². The zero-order chi connectivity index (χ0) is 12.4. The van der Waals surface area contributed by atoms with Gasteiger partial charge in [-0.1, -0.05) is 0 Å². The molecule has 4 heteroatoms. The molecule has 1 unspecified atom stereocenters. The van der Waals surface area contributed by atoms with Crippen molar-refractivity contribution >= 4 is 0 Å². The lowest BCUT2D eigenvalue weighted by atomic mass is 10.0. The fourth-order valence-corrected chi connectivity index (χ4v) is 1.55. The number of hydrogen-bond donors (Lipinski definition) is 2. The quantitative estimate of drug-likeness (QED) is 0.816. The van der Waals surface area contributed by atoms with E-state index in [4.69, 9.17) is 0 Å². The first-order valence-corrected chi connectivity index (χ1v) is 5.75. The fraction of sp³-hybridized carbons (Fsp3) is 0.750. The molecule has 0 bridgehead atoms. The summed E-state index contributed by atoms with van der Waals surface area (Å²) < 4.78 is 1.96. The van der Waals surface area contributed by atoms with Crippen LogP contribution in [0.3, 0.4) is 0 Å². The van der Waals surface area contributed by atoms with Crippen molar-refractivity contribution in [3.8, 4) is 0 Å². The molecule has 1 aromatic rings. The van der Waals surface area contributed by atoms with E-state index in [0.717, 1.165) is 6.54 Å². The third-order valence-electron chi connectivity index (χ3n) is 2.50. The number of aromatic nitrogens is 2. The molecule has 0 aliphatic rings. The number of imidazole rings is 1. The first kappa shape index (κ1) is 13.2. The molecule has 0 saturated carbocycles. The van der Waals surface area contributed by atoms with Gasteiger partial charge in [-0.2, -0.15) is 0 Å². The lowest BCUT2D eigenvalue weighted by Crippen LogP contribution is -2.45. The summed E-state index contributed by atoms with van der Waals surface area (Å²) in [5, 5.41) is 13.7. The minimum atomic E-state index is -0.938. The van der Waals surface area contributed by atoms with Crippen molar-refractivity contribution in [2.45, 2.75) is 52.3 Å². The maximum atomic E-state index is 10.4. The molecule has 0 aliphatic heterocycles. The molecule has 0 saturated heterocycles. The van der Waals surface area contributed by atoms with Gasteiger partial charge in [-0.05, 0) is 34.6 Å². The third kappa shape index (κ3) is 3.32. The standard InChI is InChI=1S/C12H23N3O/c1-6-15-8-7-13-10(15)12(5,16)9-14-11(2,3)4/h7-8,14,16H,6,9H2,1-5H3. The minimum absolute atomic E-state index is 0.00632. The maximum absolute atomic E-state index is 10.4. The van der Waals surface area contributed by atoms with Crippen molar-refractivity contribution in [3.05, 3.63) is 18.2 Å². The molecule has 0 radical (unpaired) electrons. The van der Waals surface area contributed by atoms with Crippen LogP contribution in [-0.4, -0.2) is 26.7 Å². The summed E-state index contributed by atoms with van der Waals surface area (Å²) in [6.45, 7) is 11.4. The predicted molar refractivity (Wildman–Crippen MR) is 65.2 cm³/mol. The Morgan fingerprint density at radius 2 is 2.00 bits per heavy atom. The molecule has 16 heavy (non-hydrogen) atoms. The van der Waals surface area contributed by atoms with E-state index < -0.39 is 5.60 Å². The molecule has 0 spiro atoms. The second-order valence-corrected chi connectivity index (χ2v) is 5.41. The van der Waals surface area contributed by atoms with Crippen LogP contribution in [0.4, 0.5) is 0 Å². The first-order valence-electron chi connectivity index (χ1n) is 5.75. The van der Waals surface area contributed by atoms with E-state index in [1.54, 1.807) is 13.1 Å². The van der Waals surface area contributed by atoms with Gasteiger partial charge < -0.3 is 15.0 Å². The summed E-state index contributed by atoms with van der Waals surface area (Å²) in [5.41, 5.74) is -0.944. The van der Waals surface area contributed by atoms with Gasteiger partial charge >= 0.3 is 0 Å². The van der Waals surface area contributed by atoms with Gasteiger partial charge in [0.25, 0.3) is 0 Å². The highest BCUT2D eigenvalue weighted by molar-refractivity contribution is 5.04. The molecule has 0 fully saturated rings. The monoisotopic (exact) mass is 225 g/mol. The summed E-state index contributed by atoms with van der Waals surface area (Å²) in [7, 11) is 0. The Balaban J connectivity index is 2.77. The number of aliphatic hydroxyl groups is 1. The molecule has 2 N–H and O–H groups in total. The van der Waals surface area contributed by atoms with Gasteiger partial charge in [0.1, 0.15) is 11.4 Å². The number of aryl methyl sites for hydroxylation is 1. The number of nitrogens with zero attached hydrogens (tertiary/aromatic N) is 2. The van der Waals surface area contributed by atoms with Crippen LogP contribution in [0.15, 0.2) is 12.4 Å². The Kier molecular flexibility index (Phi) is 3.76. The van der Waals surface area contributed by atoms with E-state index in [9.17, 15) is 5.11 Å². The molecule has 1 aromatic heterocycles. The number of rotatable bonds is 4. The fourth-order valence-electron chi connectivity index (χ4n) is 1.55. The molecule has 0 aromatic carbocycles. The molecule has 0 amide bonds. The third-order valence-corrected chi connectivity index (χ3v) is 2.50. The smallest absolute Gasteiger partial charge is 0.141 e. The number of nitrogens with one attached hydrogen (secondary N) is 1. The Morgan fingerprint density at radius 1 is 1.38 bits per heavy atom. The Morgan fingerprint density at radius 3 is 2.50 bits per heavy atom. The van der Waals surface area contributed by atoms with Crippen LogP contribution in [0.2, 0.25) is 0 Å². The average molecular weight is 225 g/mol. The number of β-amino-alcohol motifs (C(OH)–C–C–N with tert-alkyl or cyclic N) is 1. The van der Waals surface area contributed by atoms with Crippen molar-refractivity contribution < 1.29 is 5.11 Å². The highest BCUT2D eigenvalue weighted by Crippen LogP contribution is 2.18. The molecule has 4 nitrogen and oxygen atoms in total. The van der Waals surface area contributed by atoms with Gasteiger partial charge in [0.15, 0.2) is 0 Å². The van der Waals surface area contributed by atoms with E-state index in [1.807, 2.05) is 17.7 Å². The molecular weight excluding hydrogens is 202 g/mol. The number of hydrogen-bond acceptors (Lipinski definition) is 3. The first-order chi connectivity index (χ1) is 7.26. The Hall–Kier alpha value is -0.870. The summed E-state index contributed by atoms with van der Waals surface area (Å²) in [5.74, 6) is 0.715. The highest BCUT2D eigenvalue weighted by Gasteiger charge is 2.29. The van der Waals surface area contributed by atoms with Crippen LogP contribution in [0.1, 0.15) is 40.4 Å². The Labute approximate surface area is 97.7 Å². The lowest BCUT2D eigenvalue weighted by Gasteiger charge is -2.29. The zero-order valence-corrected chi connectivity index (χ0v) is 10.9. The van der Waals surface area contributed by atoms with Crippen molar-refractivity contribution in [2.24, 2.45) is 0 Å². The summed E-state index contributed by atoms with van der Waals surface area (Å²) in [4.78, 5) is 4.23.